The Bertz CT molecular complexity index is 803. The lowest BCUT2D eigenvalue weighted by atomic mass is 9.92. The molecule has 1 unspecified atom stereocenters. The predicted molar refractivity (Wildman–Crippen MR) is 104 cm³/mol. The van der Waals surface area contributed by atoms with Crippen molar-refractivity contribution >= 4 is 17.2 Å². The zero-order chi connectivity index (χ0) is 18.1. The number of carbonyl (C=O) groups is 1. The Kier molecular flexibility index (Phi) is 5.05. The van der Waals surface area contributed by atoms with Gasteiger partial charge in [0.25, 0.3) is 5.91 Å². The zero-order valence-corrected chi connectivity index (χ0v) is 16.3. The molecule has 4 rings (SSSR count). The van der Waals surface area contributed by atoms with Gasteiger partial charge >= 0.3 is 0 Å². The molecule has 6 heteroatoms. The van der Waals surface area contributed by atoms with Gasteiger partial charge in [-0.1, -0.05) is 6.07 Å². The molecule has 138 valence electrons. The molecule has 3 heterocycles. The smallest absolute Gasteiger partial charge is 0.263 e. The minimum Gasteiger partial charge on any atom is -0.343 e. The van der Waals surface area contributed by atoms with Crippen molar-refractivity contribution in [1.82, 2.24) is 20.2 Å². The minimum atomic E-state index is -0.00100. The summed E-state index contributed by atoms with van der Waals surface area (Å²) in [6, 6.07) is 4.11. The predicted octanol–water partition coefficient (Wildman–Crippen LogP) is 3.46. The maximum atomic E-state index is 12.9. The summed E-state index contributed by atoms with van der Waals surface area (Å²) in [5.41, 5.74) is 3.15. The van der Waals surface area contributed by atoms with Gasteiger partial charge in [-0.15, -0.1) is 11.3 Å². The summed E-state index contributed by atoms with van der Waals surface area (Å²) >= 11 is 1.58. The quantitative estimate of drug-likeness (QED) is 0.899. The molecule has 1 fully saturated rings. The van der Waals surface area contributed by atoms with E-state index in [1.165, 1.54) is 12.0 Å². The molecule has 1 amide bonds. The fourth-order valence-electron chi connectivity index (χ4n) is 4.14. The van der Waals surface area contributed by atoms with Crippen LogP contribution in [0, 0.1) is 6.92 Å². The number of carbonyl (C=O) groups excluding carboxylic acids is 1. The summed E-state index contributed by atoms with van der Waals surface area (Å²) in [5.74, 6) is 0.454. The van der Waals surface area contributed by atoms with Gasteiger partial charge in [0.15, 0.2) is 0 Å². The molecule has 0 saturated carbocycles. The van der Waals surface area contributed by atoms with Crippen LogP contribution in [0.5, 0.6) is 0 Å². The first-order valence-corrected chi connectivity index (χ1v) is 10.3. The van der Waals surface area contributed by atoms with Gasteiger partial charge in [-0.05, 0) is 64.3 Å². The van der Waals surface area contributed by atoms with Gasteiger partial charge in [0.1, 0.15) is 4.88 Å². The molecule has 1 saturated heterocycles. The molecule has 0 bridgehead atoms. The molecule has 5 nitrogen and oxygen atoms in total. The SMILES string of the molecule is Cc1nc(C2CCCN(C)C2)sc1C(=O)N[C@H]1CCCc2cccnc21. The third-order valence-corrected chi connectivity index (χ3v) is 6.81. The first-order valence-electron chi connectivity index (χ1n) is 9.52. The number of fused-ring (bicyclic) bond motifs is 1. The van der Waals surface area contributed by atoms with Crippen LogP contribution in [0.3, 0.4) is 0 Å². The highest BCUT2D eigenvalue weighted by molar-refractivity contribution is 7.13. The Hall–Kier alpha value is -1.79. The number of aromatic nitrogens is 2. The minimum absolute atomic E-state index is 0.00100. The largest absolute Gasteiger partial charge is 0.343 e. The number of thiazole rings is 1. The maximum Gasteiger partial charge on any atom is 0.263 e. The molecular formula is C20H26N4OS. The average Bonchev–Trinajstić information content (AvgIpc) is 3.04. The van der Waals surface area contributed by atoms with Crippen molar-refractivity contribution in [3.05, 3.63) is 45.2 Å². The first-order chi connectivity index (χ1) is 12.6. The van der Waals surface area contributed by atoms with Crippen molar-refractivity contribution in [3.63, 3.8) is 0 Å². The van der Waals surface area contributed by atoms with Gasteiger partial charge in [-0.2, -0.15) is 0 Å². The summed E-state index contributed by atoms with van der Waals surface area (Å²) in [6.45, 7) is 4.14. The lowest BCUT2D eigenvalue weighted by molar-refractivity contribution is 0.0935. The van der Waals surface area contributed by atoms with Gasteiger partial charge in [0.05, 0.1) is 22.4 Å². The van der Waals surface area contributed by atoms with Crippen molar-refractivity contribution in [2.75, 3.05) is 20.1 Å². The second-order valence-electron chi connectivity index (χ2n) is 7.53. The maximum absolute atomic E-state index is 12.9. The van der Waals surface area contributed by atoms with Crippen molar-refractivity contribution in [3.8, 4) is 0 Å². The Balaban J connectivity index is 1.51. The molecule has 2 aliphatic rings. The van der Waals surface area contributed by atoms with Crippen LogP contribution in [0.25, 0.3) is 0 Å². The fraction of sp³-hybridized carbons (Fsp3) is 0.550. The van der Waals surface area contributed by atoms with E-state index in [0.717, 1.165) is 60.0 Å². The summed E-state index contributed by atoms with van der Waals surface area (Å²) in [7, 11) is 2.16. The van der Waals surface area contributed by atoms with Gasteiger partial charge < -0.3 is 10.2 Å². The third kappa shape index (κ3) is 3.53. The molecule has 1 N–H and O–H groups in total. The molecule has 1 aliphatic carbocycles. The van der Waals surface area contributed by atoms with Crippen LogP contribution in [0.15, 0.2) is 18.3 Å². The van der Waals surface area contributed by atoms with E-state index in [4.69, 9.17) is 4.98 Å². The summed E-state index contributed by atoms with van der Waals surface area (Å²) in [5, 5.41) is 4.33. The van der Waals surface area contributed by atoms with Crippen molar-refractivity contribution < 1.29 is 4.79 Å². The second-order valence-corrected chi connectivity index (χ2v) is 8.56. The Labute approximate surface area is 158 Å². The number of piperidine rings is 1. The molecule has 2 aromatic rings. The van der Waals surface area contributed by atoms with Crippen LogP contribution in [0.4, 0.5) is 0 Å². The van der Waals surface area contributed by atoms with E-state index < -0.39 is 0 Å². The van der Waals surface area contributed by atoms with E-state index >= 15 is 0 Å². The molecule has 26 heavy (non-hydrogen) atoms. The van der Waals surface area contributed by atoms with Crippen LogP contribution < -0.4 is 5.32 Å². The molecule has 2 atom stereocenters. The number of nitrogens with one attached hydrogen (secondary N) is 1. The number of rotatable bonds is 3. The highest BCUT2D eigenvalue weighted by Crippen LogP contribution is 2.32. The summed E-state index contributed by atoms with van der Waals surface area (Å²) in [4.78, 5) is 25.3. The van der Waals surface area contributed by atoms with Crippen molar-refractivity contribution in [2.45, 2.75) is 51.0 Å². The number of hydrogen-bond acceptors (Lipinski definition) is 5. The Morgan fingerprint density at radius 1 is 1.35 bits per heavy atom. The number of hydrogen-bond donors (Lipinski definition) is 1. The van der Waals surface area contributed by atoms with E-state index in [1.807, 2.05) is 19.2 Å². The zero-order valence-electron chi connectivity index (χ0n) is 15.5. The van der Waals surface area contributed by atoms with E-state index in [0.29, 0.717) is 5.92 Å². The lowest BCUT2D eigenvalue weighted by Gasteiger charge is -2.28. The standard InChI is InChI=1S/C20H26N4OS/c1-13-18(26-20(22-13)15-8-5-11-24(2)12-15)19(25)23-16-9-3-6-14-7-4-10-21-17(14)16/h4,7,10,15-16H,3,5-6,8-9,11-12H2,1-2H3,(H,23,25)/t15?,16-/m0/s1. The number of amides is 1. The van der Waals surface area contributed by atoms with E-state index in [1.54, 1.807) is 11.3 Å². The number of aryl methyl sites for hydroxylation is 2. The topological polar surface area (TPSA) is 58.1 Å². The Morgan fingerprint density at radius 2 is 2.23 bits per heavy atom. The normalized spacial score (nSPS) is 23.5. The molecule has 0 spiro atoms. The van der Waals surface area contributed by atoms with Gasteiger partial charge in [0.2, 0.25) is 0 Å². The number of nitrogens with zero attached hydrogens (tertiary/aromatic N) is 3. The van der Waals surface area contributed by atoms with Crippen LogP contribution in [0.1, 0.15) is 69.3 Å². The highest BCUT2D eigenvalue weighted by atomic mass is 32.1. The van der Waals surface area contributed by atoms with Crippen LogP contribution in [-0.4, -0.2) is 40.9 Å². The van der Waals surface area contributed by atoms with Crippen LogP contribution in [0.2, 0.25) is 0 Å². The van der Waals surface area contributed by atoms with Crippen molar-refractivity contribution in [2.24, 2.45) is 0 Å². The van der Waals surface area contributed by atoms with E-state index in [9.17, 15) is 4.79 Å². The second kappa shape index (κ2) is 7.45. The number of likely N-dealkylation sites (N-methyl/N-ethyl adjacent to an activating group) is 1. The van der Waals surface area contributed by atoms with Crippen molar-refractivity contribution in [1.29, 1.82) is 0 Å². The van der Waals surface area contributed by atoms with E-state index in [-0.39, 0.29) is 11.9 Å². The number of pyridine rings is 1. The van der Waals surface area contributed by atoms with Gasteiger partial charge in [0, 0.05) is 18.7 Å². The fourth-order valence-corrected chi connectivity index (χ4v) is 5.24. The van der Waals surface area contributed by atoms with Gasteiger partial charge in [-0.25, -0.2) is 4.98 Å². The molecule has 1 aliphatic heterocycles. The van der Waals surface area contributed by atoms with E-state index in [2.05, 4.69) is 28.3 Å². The van der Waals surface area contributed by atoms with Crippen LogP contribution in [-0.2, 0) is 6.42 Å². The summed E-state index contributed by atoms with van der Waals surface area (Å²) in [6.07, 6.45) is 7.27. The number of likely N-dealkylation sites (tertiary alicyclic amines) is 1. The lowest BCUT2D eigenvalue weighted by Crippen LogP contribution is -2.31. The average molecular weight is 371 g/mol. The third-order valence-electron chi connectivity index (χ3n) is 5.49. The molecule has 0 radical (unpaired) electrons. The first kappa shape index (κ1) is 17.6. The monoisotopic (exact) mass is 370 g/mol. The molecule has 2 aromatic heterocycles. The molecule has 0 aromatic carbocycles. The van der Waals surface area contributed by atoms with Crippen LogP contribution >= 0.6 is 11.3 Å². The highest BCUT2D eigenvalue weighted by Gasteiger charge is 2.27. The summed E-state index contributed by atoms with van der Waals surface area (Å²) < 4.78 is 0. The van der Waals surface area contributed by atoms with Gasteiger partial charge in [-0.3, -0.25) is 9.78 Å². The Morgan fingerprint density at radius 3 is 3.08 bits per heavy atom. The molecular weight excluding hydrogens is 344 g/mol.